The molecule has 0 atom stereocenters. The van der Waals surface area contributed by atoms with Crippen LogP contribution in [0, 0.1) is 0 Å². The summed E-state index contributed by atoms with van der Waals surface area (Å²) in [5, 5.41) is 0. The molecule has 4 aromatic carbocycles. The molecular weight excluding hydrogens is 519 g/mol. The number of benzene rings is 4. The third-order valence-corrected chi connectivity index (χ3v) is 24.4. The van der Waals surface area contributed by atoms with Gasteiger partial charge in [-0.2, -0.15) is 0 Å². The second-order valence-electron chi connectivity index (χ2n) is 7.14. The Balaban J connectivity index is 1.90. The summed E-state index contributed by atoms with van der Waals surface area (Å²) in [7, 11) is 0. The van der Waals surface area contributed by atoms with Crippen LogP contribution in [0.25, 0.3) is 0 Å². The fraction of sp³-hybridized carbons (Fsp3) is 0.0769. The summed E-state index contributed by atoms with van der Waals surface area (Å²) in [4.78, 5) is 0. The molecule has 1 heteroatoms. The summed E-state index contributed by atoms with van der Waals surface area (Å²) in [5.41, 5.74) is 2.92. The summed E-state index contributed by atoms with van der Waals surface area (Å²) in [5.74, 6) is 0. The summed E-state index contributed by atoms with van der Waals surface area (Å²) in [6, 6.07) is 44.7. The molecule has 0 radical (unpaired) electrons. The maximum absolute atomic E-state index is 3.18. The molecule has 4 rings (SSSR count). The molecule has 0 nitrogen and oxygen atoms in total. The molecule has 0 N–H and O–H groups in total. The van der Waals surface area contributed by atoms with Crippen molar-refractivity contribution in [3.63, 3.8) is 0 Å². The Bertz CT molecular complexity index is 865. The Morgan fingerprint density at radius 3 is 1.00 bits per heavy atom. The van der Waals surface area contributed by atoms with E-state index >= 15 is 0 Å². The molecule has 0 saturated carbocycles. The minimum atomic E-state index is -3.18. The molecule has 0 unspecified atom stereocenters. The van der Waals surface area contributed by atoms with Crippen LogP contribution in [0.4, 0.5) is 0 Å². The Hall–Kier alpha value is -2.20. The van der Waals surface area contributed by atoms with Gasteiger partial charge in [-0.1, -0.05) is 0 Å². The van der Waals surface area contributed by atoms with E-state index in [9.17, 15) is 0 Å². The molecular formula is C26H24Pb. The van der Waals surface area contributed by atoms with Crippen LogP contribution in [0.1, 0.15) is 11.1 Å². The molecule has 0 spiro atoms. The van der Waals surface area contributed by atoms with E-state index < -0.39 is 21.2 Å². The van der Waals surface area contributed by atoms with E-state index in [-0.39, 0.29) is 0 Å². The van der Waals surface area contributed by atoms with Gasteiger partial charge in [0.2, 0.25) is 0 Å². The molecule has 0 aromatic heterocycles. The molecule has 132 valence electrons. The maximum atomic E-state index is 2.38. The first-order chi connectivity index (χ1) is 13.4. The topological polar surface area (TPSA) is 0 Å². The second-order valence-corrected chi connectivity index (χ2v) is 22.8. The molecule has 0 aliphatic heterocycles. The first-order valence-corrected chi connectivity index (χ1v) is 18.9. The molecule has 0 fully saturated rings. The number of hydrogen-bond acceptors (Lipinski definition) is 0. The third kappa shape index (κ3) is 4.22. The summed E-state index contributed by atoms with van der Waals surface area (Å²) < 4.78 is 5.56. The molecule has 0 heterocycles. The van der Waals surface area contributed by atoms with Crippen molar-refractivity contribution in [1.29, 1.82) is 0 Å². The van der Waals surface area contributed by atoms with Gasteiger partial charge in [-0.15, -0.1) is 0 Å². The second kappa shape index (κ2) is 8.66. The quantitative estimate of drug-likeness (QED) is 0.306. The van der Waals surface area contributed by atoms with Crippen LogP contribution in [0.3, 0.4) is 0 Å². The van der Waals surface area contributed by atoms with Crippen molar-refractivity contribution in [2.45, 2.75) is 7.96 Å². The monoisotopic (exact) mass is 544 g/mol. The van der Waals surface area contributed by atoms with Crippen LogP contribution in [-0.2, 0) is 7.96 Å². The van der Waals surface area contributed by atoms with Gasteiger partial charge in [0.05, 0.1) is 0 Å². The molecule has 0 amide bonds. The zero-order valence-electron chi connectivity index (χ0n) is 15.5. The van der Waals surface area contributed by atoms with Crippen molar-refractivity contribution in [3.05, 3.63) is 132 Å². The van der Waals surface area contributed by atoms with Crippen molar-refractivity contribution in [1.82, 2.24) is 0 Å². The van der Waals surface area contributed by atoms with E-state index in [0.29, 0.717) is 0 Å². The van der Waals surface area contributed by atoms with Crippen molar-refractivity contribution in [2.75, 3.05) is 0 Å². The van der Waals surface area contributed by atoms with Gasteiger partial charge in [0.15, 0.2) is 0 Å². The van der Waals surface area contributed by atoms with E-state index in [0.717, 1.165) is 0 Å². The van der Waals surface area contributed by atoms with Gasteiger partial charge >= 0.3 is 168 Å². The Morgan fingerprint density at radius 2 is 0.667 bits per heavy atom. The van der Waals surface area contributed by atoms with Crippen LogP contribution in [0.2, 0.25) is 0 Å². The van der Waals surface area contributed by atoms with Crippen molar-refractivity contribution < 1.29 is 0 Å². The van der Waals surface area contributed by atoms with Gasteiger partial charge in [-0.3, -0.25) is 0 Å². The fourth-order valence-corrected chi connectivity index (χ4v) is 22.7. The molecule has 4 aromatic rings. The van der Waals surface area contributed by atoms with E-state index in [1.807, 2.05) is 0 Å². The van der Waals surface area contributed by atoms with Crippen LogP contribution in [0.15, 0.2) is 121 Å². The van der Waals surface area contributed by atoms with E-state index in [2.05, 4.69) is 121 Å². The number of hydrogen-bond donors (Lipinski definition) is 0. The van der Waals surface area contributed by atoms with E-state index in [4.69, 9.17) is 0 Å². The molecule has 27 heavy (non-hydrogen) atoms. The molecule has 0 bridgehead atoms. The summed E-state index contributed by atoms with van der Waals surface area (Å²) >= 11 is -3.18. The van der Waals surface area contributed by atoms with Crippen LogP contribution < -0.4 is 6.25 Å². The van der Waals surface area contributed by atoms with Gasteiger partial charge in [-0.05, 0) is 0 Å². The number of rotatable bonds is 6. The predicted molar refractivity (Wildman–Crippen MR) is 118 cm³/mol. The predicted octanol–water partition coefficient (Wildman–Crippen LogP) is 4.81. The van der Waals surface area contributed by atoms with Crippen molar-refractivity contribution >= 4 is 27.4 Å². The van der Waals surface area contributed by atoms with Gasteiger partial charge < -0.3 is 0 Å². The zero-order valence-corrected chi connectivity index (χ0v) is 19.3. The van der Waals surface area contributed by atoms with Crippen LogP contribution in [0.5, 0.6) is 0 Å². The normalized spacial score (nSPS) is 11.3. The van der Waals surface area contributed by atoms with Gasteiger partial charge in [0.1, 0.15) is 0 Å². The summed E-state index contributed by atoms with van der Waals surface area (Å²) in [6.45, 7) is 0. The standard InChI is InChI=1S/2C7H7.2C6H5.Pb/c2*1-7-5-3-2-4-6-7;2*1-2-4-6-5-3-1;/h2*2-6H,1H2;2*1-5H;. The van der Waals surface area contributed by atoms with Gasteiger partial charge in [0, 0.05) is 0 Å². The Labute approximate surface area is 167 Å². The first-order valence-electron chi connectivity index (χ1n) is 9.56. The van der Waals surface area contributed by atoms with Crippen LogP contribution in [-0.4, -0.2) is 21.2 Å². The van der Waals surface area contributed by atoms with Gasteiger partial charge in [0.25, 0.3) is 0 Å². The summed E-state index contributed by atoms with van der Waals surface area (Å²) in [6.07, 6.45) is 0. The third-order valence-electron chi connectivity index (χ3n) is 5.35. The fourth-order valence-electron chi connectivity index (χ4n) is 4.04. The van der Waals surface area contributed by atoms with Crippen molar-refractivity contribution in [3.8, 4) is 0 Å². The van der Waals surface area contributed by atoms with Crippen LogP contribution >= 0.6 is 0 Å². The zero-order chi connectivity index (χ0) is 18.4. The van der Waals surface area contributed by atoms with E-state index in [1.165, 1.54) is 19.1 Å². The van der Waals surface area contributed by atoms with E-state index in [1.54, 1.807) is 6.25 Å². The Kier molecular flexibility index (Phi) is 5.83. The first kappa shape index (κ1) is 18.2. The molecule has 0 aliphatic rings. The van der Waals surface area contributed by atoms with Gasteiger partial charge in [-0.25, -0.2) is 0 Å². The molecule has 0 aliphatic carbocycles. The average Bonchev–Trinajstić information content (AvgIpc) is 2.76. The minimum absolute atomic E-state index is 1.19. The van der Waals surface area contributed by atoms with Crippen molar-refractivity contribution in [2.24, 2.45) is 0 Å². The molecule has 0 saturated heterocycles. The SMILES string of the molecule is c1ccc([CH2][Pb]([CH2]c2ccccc2)([c]2ccccc2)[c]2ccccc2)cc1. The average molecular weight is 544 g/mol. The Morgan fingerprint density at radius 1 is 0.370 bits per heavy atom.